The van der Waals surface area contributed by atoms with Crippen LogP contribution in [0.5, 0.6) is 0 Å². The van der Waals surface area contributed by atoms with E-state index in [-0.39, 0.29) is 30.0 Å². The van der Waals surface area contributed by atoms with Gasteiger partial charge in [-0.15, -0.1) is 0 Å². The molecule has 1 heterocycles. The maximum absolute atomic E-state index is 14.1. The van der Waals surface area contributed by atoms with Gasteiger partial charge in [-0.25, -0.2) is 4.39 Å². The van der Waals surface area contributed by atoms with Crippen molar-refractivity contribution < 1.29 is 23.8 Å². The summed E-state index contributed by atoms with van der Waals surface area (Å²) in [5.41, 5.74) is 5.25. The summed E-state index contributed by atoms with van der Waals surface area (Å²) in [6.45, 7) is 4.51. The number of ether oxygens (including phenoxy) is 1. The van der Waals surface area contributed by atoms with E-state index in [1.54, 1.807) is 12.1 Å². The zero-order chi connectivity index (χ0) is 29.4. The Morgan fingerprint density at radius 2 is 1.54 bits per heavy atom. The maximum Gasteiger partial charge on any atom is 0.305 e. The molecule has 7 heteroatoms. The lowest BCUT2D eigenvalue weighted by Gasteiger charge is -2.19. The summed E-state index contributed by atoms with van der Waals surface area (Å²) in [5, 5.41) is 13.9. The molecule has 0 saturated carbocycles. The van der Waals surface area contributed by atoms with Crippen LogP contribution < -0.4 is 5.32 Å². The molecule has 0 fully saturated rings. The van der Waals surface area contributed by atoms with Crippen LogP contribution in [0.4, 0.5) is 10.1 Å². The molecule has 4 rings (SSSR count). The Morgan fingerprint density at radius 1 is 0.902 bits per heavy atom. The van der Waals surface area contributed by atoms with Gasteiger partial charge in [0.15, 0.2) is 0 Å². The number of nitrogens with zero attached hydrogens (tertiary/aromatic N) is 1. The lowest BCUT2D eigenvalue weighted by molar-refractivity contribution is -0.140. The zero-order valence-corrected chi connectivity index (χ0v) is 23.8. The van der Waals surface area contributed by atoms with Gasteiger partial charge in [-0.2, -0.15) is 0 Å². The topological polar surface area (TPSA) is 80.6 Å². The molecule has 1 amide bonds. The molecule has 0 aliphatic heterocycles. The Morgan fingerprint density at radius 3 is 2.15 bits per heavy atom. The normalized spacial score (nSPS) is 11.9. The summed E-state index contributed by atoms with van der Waals surface area (Å²) >= 11 is 0. The Bertz CT molecular complexity index is 1450. The Balaban J connectivity index is 1.86. The second-order valence-electron chi connectivity index (χ2n) is 10.4. The number of esters is 1. The molecule has 0 saturated heterocycles. The Labute approximate surface area is 240 Å². The molecule has 3 aromatic carbocycles. The Kier molecular flexibility index (Phi) is 10.1. The minimum absolute atomic E-state index is 0.0420. The third-order valence-corrected chi connectivity index (χ3v) is 7.12. The number of para-hydroxylation sites is 1. The fraction of sp³-hybridized carbons (Fsp3) is 0.294. The van der Waals surface area contributed by atoms with E-state index in [0.717, 1.165) is 28.1 Å². The second-order valence-corrected chi connectivity index (χ2v) is 10.4. The number of carbonyl (C=O) groups is 2. The summed E-state index contributed by atoms with van der Waals surface area (Å²) in [6, 6.07) is 25.3. The molecule has 0 radical (unpaired) electrons. The van der Waals surface area contributed by atoms with Crippen molar-refractivity contribution in [3.05, 3.63) is 102 Å². The fourth-order valence-electron chi connectivity index (χ4n) is 5.21. The molecule has 0 aliphatic carbocycles. The van der Waals surface area contributed by atoms with Gasteiger partial charge in [-0.3, -0.25) is 9.59 Å². The number of carbonyl (C=O) groups excluding carboxylic acids is 2. The van der Waals surface area contributed by atoms with E-state index in [0.29, 0.717) is 37.1 Å². The van der Waals surface area contributed by atoms with Crippen LogP contribution in [0.1, 0.15) is 61.5 Å². The van der Waals surface area contributed by atoms with E-state index in [2.05, 4.69) is 9.88 Å². The van der Waals surface area contributed by atoms with Gasteiger partial charge >= 0.3 is 5.97 Å². The number of rotatable bonds is 12. The molecule has 2 N–H and O–H groups in total. The highest BCUT2D eigenvalue weighted by Gasteiger charge is 2.30. The average molecular weight is 557 g/mol. The van der Waals surface area contributed by atoms with E-state index < -0.39 is 6.10 Å². The minimum Gasteiger partial charge on any atom is -0.469 e. The summed E-state index contributed by atoms with van der Waals surface area (Å²) in [4.78, 5) is 25.6. The molecule has 1 atom stereocenters. The number of methoxy groups -OCH3 is 1. The first-order valence-corrected chi connectivity index (χ1v) is 14.0. The molecule has 0 unspecified atom stereocenters. The molecular weight excluding hydrogens is 519 g/mol. The lowest BCUT2D eigenvalue weighted by atomic mass is 9.94. The number of nitrogens with one attached hydrogen (secondary N) is 1. The second kappa shape index (κ2) is 13.9. The summed E-state index contributed by atoms with van der Waals surface area (Å²) in [6.07, 6.45) is 0.979. The number of aromatic nitrogens is 1. The van der Waals surface area contributed by atoms with Gasteiger partial charge in [0.2, 0.25) is 0 Å². The standard InChI is InChI=1S/C34H37FN2O4/c1-23(2)32-31(34(40)36-27-13-8-5-9-14-27)30(24-11-6-4-7-12-24)33(25-17-19-26(35)20-18-25)37(32)22-21-28(38)15-10-16-29(39)41-3/h4-9,11-14,17-20,23,28,38H,10,15-16,21-22H2,1-3H3,(H,36,40)/t28-/m0/s1. The van der Waals surface area contributed by atoms with Crippen molar-refractivity contribution in [1.82, 2.24) is 4.57 Å². The zero-order valence-electron chi connectivity index (χ0n) is 23.8. The van der Waals surface area contributed by atoms with Crippen LogP contribution in [0.25, 0.3) is 22.4 Å². The first-order valence-electron chi connectivity index (χ1n) is 14.0. The number of hydrogen-bond acceptors (Lipinski definition) is 4. The Hall–Kier alpha value is -4.23. The van der Waals surface area contributed by atoms with Gasteiger partial charge in [0.25, 0.3) is 5.91 Å². The van der Waals surface area contributed by atoms with Gasteiger partial charge in [-0.1, -0.05) is 62.4 Å². The monoisotopic (exact) mass is 556 g/mol. The SMILES string of the molecule is COC(=O)CCC[C@H](O)CCn1c(-c2ccc(F)cc2)c(-c2ccccc2)c(C(=O)Nc2ccccc2)c1C(C)C. The van der Waals surface area contributed by atoms with Crippen molar-refractivity contribution in [2.45, 2.75) is 58.1 Å². The van der Waals surface area contributed by atoms with Gasteiger partial charge < -0.3 is 19.7 Å². The van der Waals surface area contributed by atoms with Crippen LogP contribution in [-0.4, -0.2) is 34.8 Å². The van der Waals surface area contributed by atoms with Crippen LogP contribution in [0.2, 0.25) is 0 Å². The van der Waals surface area contributed by atoms with Crippen molar-refractivity contribution in [2.75, 3.05) is 12.4 Å². The number of aliphatic hydroxyl groups is 1. The number of hydrogen-bond donors (Lipinski definition) is 2. The van der Waals surface area contributed by atoms with Crippen LogP contribution in [0.3, 0.4) is 0 Å². The van der Waals surface area contributed by atoms with E-state index in [4.69, 9.17) is 4.74 Å². The van der Waals surface area contributed by atoms with Crippen molar-refractivity contribution >= 4 is 17.6 Å². The van der Waals surface area contributed by atoms with Gasteiger partial charge in [-0.05, 0) is 72.7 Å². The first-order chi connectivity index (χ1) is 19.8. The largest absolute Gasteiger partial charge is 0.469 e. The highest BCUT2D eigenvalue weighted by molar-refractivity contribution is 6.12. The van der Waals surface area contributed by atoms with E-state index >= 15 is 0 Å². The highest BCUT2D eigenvalue weighted by Crippen LogP contribution is 2.42. The average Bonchev–Trinajstić information content (AvgIpc) is 3.33. The highest BCUT2D eigenvalue weighted by atomic mass is 19.1. The van der Waals surface area contributed by atoms with Gasteiger partial charge in [0.1, 0.15) is 5.82 Å². The molecular formula is C34H37FN2O4. The van der Waals surface area contributed by atoms with E-state index in [1.165, 1.54) is 19.2 Å². The summed E-state index contributed by atoms with van der Waals surface area (Å²) in [7, 11) is 1.35. The van der Waals surface area contributed by atoms with Crippen molar-refractivity contribution in [3.63, 3.8) is 0 Å². The summed E-state index contributed by atoms with van der Waals surface area (Å²) < 4.78 is 20.8. The fourth-order valence-corrected chi connectivity index (χ4v) is 5.21. The lowest BCUT2D eigenvalue weighted by Crippen LogP contribution is -2.18. The van der Waals surface area contributed by atoms with E-state index in [1.807, 2.05) is 74.5 Å². The van der Waals surface area contributed by atoms with Crippen molar-refractivity contribution in [1.29, 1.82) is 0 Å². The van der Waals surface area contributed by atoms with Crippen LogP contribution in [0.15, 0.2) is 84.9 Å². The predicted octanol–water partition coefficient (Wildman–Crippen LogP) is 7.43. The number of amides is 1. The molecule has 1 aromatic heterocycles. The predicted molar refractivity (Wildman–Crippen MR) is 160 cm³/mol. The minimum atomic E-state index is -0.648. The van der Waals surface area contributed by atoms with Crippen molar-refractivity contribution in [2.24, 2.45) is 0 Å². The molecule has 214 valence electrons. The molecule has 0 aliphatic rings. The number of halogens is 1. The number of aliphatic hydroxyl groups excluding tert-OH is 1. The van der Waals surface area contributed by atoms with Gasteiger partial charge in [0.05, 0.1) is 24.5 Å². The third kappa shape index (κ3) is 7.30. The molecule has 4 aromatic rings. The molecule has 41 heavy (non-hydrogen) atoms. The third-order valence-electron chi connectivity index (χ3n) is 7.12. The van der Waals surface area contributed by atoms with Crippen LogP contribution >= 0.6 is 0 Å². The quantitative estimate of drug-likeness (QED) is 0.178. The molecule has 0 spiro atoms. The number of benzene rings is 3. The van der Waals surface area contributed by atoms with Gasteiger partial charge in [0, 0.05) is 29.9 Å². The van der Waals surface area contributed by atoms with Crippen LogP contribution in [-0.2, 0) is 16.1 Å². The first kappa shape index (κ1) is 29.7. The van der Waals surface area contributed by atoms with E-state index in [9.17, 15) is 19.1 Å². The smallest absolute Gasteiger partial charge is 0.305 e. The number of anilines is 1. The maximum atomic E-state index is 14.1. The van der Waals surface area contributed by atoms with Crippen LogP contribution in [0, 0.1) is 5.82 Å². The molecule has 0 bridgehead atoms. The summed E-state index contributed by atoms with van der Waals surface area (Å²) in [5.74, 6) is -0.927. The van der Waals surface area contributed by atoms with Crippen molar-refractivity contribution in [3.8, 4) is 22.4 Å². The molecule has 6 nitrogen and oxygen atoms in total.